The molecule has 0 saturated carbocycles. The fourth-order valence-electron chi connectivity index (χ4n) is 2.56. The Bertz CT molecular complexity index is 910. The van der Waals surface area contributed by atoms with Crippen LogP contribution in [-0.2, 0) is 6.42 Å². The Kier molecular flexibility index (Phi) is 5.68. The van der Waals surface area contributed by atoms with Crippen molar-refractivity contribution in [2.75, 3.05) is 19.0 Å². The van der Waals surface area contributed by atoms with Gasteiger partial charge in [0, 0.05) is 28.7 Å². The smallest absolute Gasteiger partial charge is 0.170 e. The Labute approximate surface area is 161 Å². The van der Waals surface area contributed by atoms with Crippen molar-refractivity contribution in [3.8, 4) is 5.75 Å². The number of thiocarbonyl (C=S) groups is 1. The van der Waals surface area contributed by atoms with E-state index in [0.717, 1.165) is 28.8 Å². The van der Waals surface area contributed by atoms with Crippen molar-refractivity contribution in [3.05, 3.63) is 58.2 Å². The van der Waals surface area contributed by atoms with Crippen LogP contribution in [0.15, 0.2) is 42.6 Å². The number of aromatic amines is 1. The van der Waals surface area contributed by atoms with Gasteiger partial charge in [-0.05, 0) is 60.6 Å². The molecule has 2 aromatic carbocycles. The molecule has 7 heteroatoms. The van der Waals surface area contributed by atoms with Gasteiger partial charge in [-0.25, -0.2) is 0 Å². The summed E-state index contributed by atoms with van der Waals surface area (Å²) in [5.41, 5.74) is 3.01. The van der Waals surface area contributed by atoms with Crippen LogP contribution in [0.25, 0.3) is 10.9 Å². The molecule has 0 aliphatic carbocycles. The van der Waals surface area contributed by atoms with E-state index in [2.05, 4.69) is 15.6 Å². The fourth-order valence-corrected chi connectivity index (χ4v) is 3.23. The summed E-state index contributed by atoms with van der Waals surface area (Å²) in [5.74, 6) is 0.843. The van der Waals surface area contributed by atoms with Crippen LogP contribution in [0.2, 0.25) is 10.0 Å². The highest BCUT2D eigenvalue weighted by atomic mass is 35.5. The number of halogens is 2. The van der Waals surface area contributed by atoms with Crippen molar-refractivity contribution in [3.63, 3.8) is 0 Å². The number of rotatable bonds is 5. The Morgan fingerprint density at radius 2 is 2.04 bits per heavy atom. The first-order chi connectivity index (χ1) is 12.1. The second-order valence-corrected chi connectivity index (χ2v) is 6.73. The first kappa shape index (κ1) is 17.9. The van der Waals surface area contributed by atoms with Gasteiger partial charge in [-0.2, -0.15) is 0 Å². The summed E-state index contributed by atoms with van der Waals surface area (Å²) >= 11 is 17.3. The van der Waals surface area contributed by atoms with Gasteiger partial charge in [0.1, 0.15) is 5.75 Å². The van der Waals surface area contributed by atoms with Crippen LogP contribution < -0.4 is 15.4 Å². The van der Waals surface area contributed by atoms with E-state index in [1.165, 1.54) is 5.56 Å². The van der Waals surface area contributed by atoms with Gasteiger partial charge in [0.25, 0.3) is 0 Å². The molecule has 3 N–H and O–H groups in total. The van der Waals surface area contributed by atoms with Gasteiger partial charge in [-0.3, -0.25) is 0 Å². The van der Waals surface area contributed by atoms with Gasteiger partial charge in [0.15, 0.2) is 5.11 Å². The first-order valence-electron chi connectivity index (χ1n) is 7.70. The average Bonchev–Trinajstić information content (AvgIpc) is 2.99. The highest BCUT2D eigenvalue weighted by molar-refractivity contribution is 7.80. The molecule has 0 unspecified atom stereocenters. The number of fused-ring (bicyclic) bond motifs is 1. The lowest BCUT2D eigenvalue weighted by molar-refractivity contribution is 0.415. The Morgan fingerprint density at radius 3 is 2.80 bits per heavy atom. The molecule has 0 spiro atoms. The molecule has 0 aliphatic heterocycles. The van der Waals surface area contributed by atoms with Crippen LogP contribution >= 0.6 is 35.4 Å². The monoisotopic (exact) mass is 393 g/mol. The van der Waals surface area contributed by atoms with Crippen molar-refractivity contribution < 1.29 is 4.74 Å². The number of ether oxygens (including phenoxy) is 1. The van der Waals surface area contributed by atoms with Crippen LogP contribution in [0.4, 0.5) is 5.69 Å². The number of methoxy groups -OCH3 is 1. The largest absolute Gasteiger partial charge is 0.497 e. The third-order valence-electron chi connectivity index (χ3n) is 3.83. The van der Waals surface area contributed by atoms with Crippen LogP contribution in [0, 0.1) is 0 Å². The summed E-state index contributed by atoms with van der Waals surface area (Å²) in [4.78, 5) is 3.27. The summed E-state index contributed by atoms with van der Waals surface area (Å²) in [6, 6.07) is 11.2. The van der Waals surface area contributed by atoms with Crippen molar-refractivity contribution in [1.29, 1.82) is 0 Å². The molecule has 1 aromatic heterocycles. The number of hydrogen-bond acceptors (Lipinski definition) is 2. The minimum atomic E-state index is 0.515. The molecule has 4 nitrogen and oxygen atoms in total. The number of aromatic nitrogens is 1. The second-order valence-electron chi connectivity index (χ2n) is 5.48. The predicted octanol–water partition coefficient (Wildman–Crippen LogP) is 5.01. The molecule has 3 aromatic rings. The van der Waals surface area contributed by atoms with Gasteiger partial charge in [0.2, 0.25) is 0 Å². The molecular weight excluding hydrogens is 377 g/mol. The van der Waals surface area contributed by atoms with Gasteiger partial charge in [-0.1, -0.05) is 23.2 Å². The zero-order valence-corrected chi connectivity index (χ0v) is 15.9. The quantitative estimate of drug-likeness (QED) is 0.533. The highest BCUT2D eigenvalue weighted by Crippen LogP contribution is 2.25. The van der Waals surface area contributed by atoms with E-state index in [1.807, 2.05) is 24.4 Å². The van der Waals surface area contributed by atoms with Crippen molar-refractivity contribution in [2.24, 2.45) is 0 Å². The van der Waals surface area contributed by atoms with E-state index in [9.17, 15) is 0 Å². The van der Waals surface area contributed by atoms with Crippen LogP contribution in [-0.4, -0.2) is 23.8 Å². The summed E-state index contributed by atoms with van der Waals surface area (Å²) in [6.07, 6.45) is 2.83. The van der Waals surface area contributed by atoms with Gasteiger partial charge in [0.05, 0.1) is 17.8 Å². The van der Waals surface area contributed by atoms with E-state index in [-0.39, 0.29) is 0 Å². The molecule has 1 heterocycles. The Balaban J connectivity index is 1.58. The fraction of sp³-hybridized carbons (Fsp3) is 0.167. The molecule has 0 radical (unpaired) electrons. The van der Waals surface area contributed by atoms with E-state index >= 15 is 0 Å². The van der Waals surface area contributed by atoms with Crippen LogP contribution in [0.3, 0.4) is 0 Å². The second kappa shape index (κ2) is 7.95. The average molecular weight is 394 g/mol. The van der Waals surface area contributed by atoms with Gasteiger partial charge in [-0.15, -0.1) is 0 Å². The molecule has 0 aliphatic rings. The summed E-state index contributed by atoms with van der Waals surface area (Å²) in [5, 5.41) is 9.05. The van der Waals surface area contributed by atoms with Crippen LogP contribution in [0.1, 0.15) is 5.56 Å². The molecular formula is C18H17Cl2N3OS. The van der Waals surface area contributed by atoms with Gasteiger partial charge >= 0.3 is 0 Å². The first-order valence-corrected chi connectivity index (χ1v) is 8.87. The van der Waals surface area contributed by atoms with E-state index in [1.54, 1.807) is 25.3 Å². The highest BCUT2D eigenvalue weighted by Gasteiger charge is 2.06. The number of hydrogen-bond donors (Lipinski definition) is 3. The molecule has 0 fully saturated rings. The molecule has 0 atom stereocenters. The van der Waals surface area contributed by atoms with Crippen molar-refractivity contribution >= 4 is 57.1 Å². The Hall–Kier alpha value is -1.95. The lowest BCUT2D eigenvalue weighted by atomic mass is 10.1. The third kappa shape index (κ3) is 4.37. The zero-order valence-electron chi connectivity index (χ0n) is 13.5. The normalized spacial score (nSPS) is 10.7. The standard InChI is InChI=1S/C18H17Cl2N3OS/c1-24-13-3-5-16-14(9-13)11(10-22-16)6-7-21-18(25)23-17-4-2-12(19)8-15(17)20/h2-5,8-10,22H,6-7H2,1H3,(H2,21,23,25). The topological polar surface area (TPSA) is 49.1 Å². The molecule has 25 heavy (non-hydrogen) atoms. The molecule has 0 bridgehead atoms. The number of H-pyrrole nitrogens is 1. The van der Waals surface area contributed by atoms with E-state index in [4.69, 9.17) is 40.2 Å². The summed E-state index contributed by atoms with van der Waals surface area (Å²) < 4.78 is 5.29. The SMILES string of the molecule is COc1ccc2[nH]cc(CCNC(=S)Nc3ccc(Cl)cc3Cl)c2c1. The molecule has 130 valence electrons. The van der Waals surface area contributed by atoms with Crippen molar-refractivity contribution in [2.45, 2.75) is 6.42 Å². The minimum Gasteiger partial charge on any atom is -0.497 e. The van der Waals surface area contributed by atoms with E-state index < -0.39 is 0 Å². The van der Waals surface area contributed by atoms with Gasteiger partial charge < -0.3 is 20.4 Å². The van der Waals surface area contributed by atoms with Crippen molar-refractivity contribution in [1.82, 2.24) is 10.3 Å². The lowest BCUT2D eigenvalue weighted by Gasteiger charge is -2.11. The molecule has 0 amide bonds. The number of anilines is 1. The Morgan fingerprint density at radius 1 is 1.20 bits per heavy atom. The minimum absolute atomic E-state index is 0.515. The molecule has 0 saturated heterocycles. The van der Waals surface area contributed by atoms with Crippen LogP contribution in [0.5, 0.6) is 5.75 Å². The maximum absolute atomic E-state index is 6.13. The maximum Gasteiger partial charge on any atom is 0.170 e. The molecule has 3 rings (SSSR count). The summed E-state index contributed by atoms with van der Waals surface area (Å²) in [6.45, 7) is 0.696. The third-order valence-corrected chi connectivity index (χ3v) is 4.63. The maximum atomic E-state index is 6.13. The van der Waals surface area contributed by atoms with E-state index in [0.29, 0.717) is 21.7 Å². The number of benzene rings is 2. The lowest BCUT2D eigenvalue weighted by Crippen LogP contribution is -2.30. The zero-order chi connectivity index (χ0) is 17.8. The number of nitrogens with one attached hydrogen (secondary N) is 3. The predicted molar refractivity (Wildman–Crippen MR) is 109 cm³/mol. The summed E-state index contributed by atoms with van der Waals surface area (Å²) in [7, 11) is 1.67.